The Morgan fingerprint density at radius 3 is 3.00 bits per heavy atom. The largest absolute Gasteiger partial charge is 0.493 e. The summed E-state index contributed by atoms with van der Waals surface area (Å²) in [5, 5.41) is 10.4. The molecule has 0 saturated heterocycles. The second kappa shape index (κ2) is 2.98. The minimum Gasteiger partial charge on any atom is -0.493 e. The highest BCUT2D eigenvalue weighted by atomic mass is 16.5. The molecule has 1 aliphatic rings. The molecule has 74 valence electrons. The fourth-order valence-corrected chi connectivity index (χ4v) is 1.77. The molecule has 0 unspecified atom stereocenters. The van der Waals surface area contributed by atoms with Crippen LogP contribution in [0.4, 0.5) is 0 Å². The summed E-state index contributed by atoms with van der Waals surface area (Å²) in [6, 6.07) is 7.31. The molecule has 15 heavy (non-hydrogen) atoms. The first kappa shape index (κ1) is 8.29. The van der Waals surface area contributed by atoms with E-state index in [0.29, 0.717) is 6.61 Å². The van der Waals surface area contributed by atoms with Crippen molar-refractivity contribution in [2.24, 2.45) is 0 Å². The van der Waals surface area contributed by atoms with Crippen LogP contribution in [0, 0.1) is 0 Å². The second-order valence-electron chi connectivity index (χ2n) is 3.43. The predicted octanol–water partition coefficient (Wildman–Crippen LogP) is 2.35. The quantitative estimate of drug-likeness (QED) is 0.708. The molecule has 1 N–H and O–H groups in total. The van der Waals surface area contributed by atoms with Gasteiger partial charge >= 0.3 is 0 Å². The molecular formula is C12H9NO2. The molecule has 0 fully saturated rings. The van der Waals surface area contributed by atoms with Crippen LogP contribution in [0.1, 0.15) is 5.56 Å². The van der Waals surface area contributed by atoms with Crippen molar-refractivity contribution in [1.82, 2.24) is 4.98 Å². The van der Waals surface area contributed by atoms with Crippen LogP contribution in [0.2, 0.25) is 0 Å². The molecule has 3 heteroatoms. The molecule has 1 aliphatic heterocycles. The zero-order chi connectivity index (χ0) is 10.3. The minimum atomic E-state index is 0.0369. The van der Waals surface area contributed by atoms with Gasteiger partial charge in [0.2, 0.25) is 5.88 Å². The zero-order valence-electron chi connectivity index (χ0n) is 7.97. The van der Waals surface area contributed by atoms with Crippen LogP contribution in [0.5, 0.6) is 11.6 Å². The molecule has 2 heterocycles. The lowest BCUT2D eigenvalue weighted by molar-refractivity contribution is 0.359. The van der Waals surface area contributed by atoms with Crippen LogP contribution in [0.15, 0.2) is 30.3 Å². The van der Waals surface area contributed by atoms with Crippen LogP contribution >= 0.6 is 0 Å². The number of nitrogens with zero attached hydrogens (tertiary/aromatic N) is 1. The average Bonchev–Trinajstić information content (AvgIpc) is 2.29. The fraction of sp³-hybridized carbons (Fsp3) is 0.0833. The van der Waals surface area contributed by atoms with Crippen LogP contribution in [-0.2, 0) is 0 Å². The van der Waals surface area contributed by atoms with Gasteiger partial charge in [-0.15, -0.1) is 0 Å². The smallest absolute Gasteiger partial charge is 0.211 e. The summed E-state index contributed by atoms with van der Waals surface area (Å²) in [6.07, 6.45) is 3.92. The number of aromatic nitrogens is 1. The summed E-state index contributed by atoms with van der Waals surface area (Å²) in [5.41, 5.74) is 1.72. The van der Waals surface area contributed by atoms with Gasteiger partial charge in [-0.05, 0) is 30.4 Å². The lowest BCUT2D eigenvalue weighted by Crippen LogP contribution is -2.00. The Kier molecular flexibility index (Phi) is 1.65. The van der Waals surface area contributed by atoms with E-state index in [1.807, 2.05) is 30.4 Å². The Morgan fingerprint density at radius 2 is 2.07 bits per heavy atom. The summed E-state index contributed by atoms with van der Waals surface area (Å²) < 4.78 is 5.46. The topological polar surface area (TPSA) is 42.4 Å². The molecule has 3 nitrogen and oxygen atoms in total. The monoisotopic (exact) mass is 199 g/mol. The molecule has 0 radical (unpaired) electrons. The molecule has 0 saturated carbocycles. The Morgan fingerprint density at radius 1 is 1.20 bits per heavy atom. The van der Waals surface area contributed by atoms with Gasteiger partial charge in [0, 0.05) is 17.0 Å². The number of hydrogen-bond donors (Lipinski definition) is 1. The van der Waals surface area contributed by atoms with Gasteiger partial charge in [0.15, 0.2) is 0 Å². The maximum atomic E-state index is 9.36. The standard InChI is InChI=1S/C12H9NO2/c14-11-6-4-8-3-5-10-9(12(8)13-11)2-1-7-15-10/h1-6H,7H2,(H,13,14). The zero-order valence-corrected chi connectivity index (χ0v) is 7.97. The molecule has 0 amide bonds. The molecule has 0 atom stereocenters. The van der Waals surface area contributed by atoms with Crippen molar-refractivity contribution in [3.8, 4) is 11.6 Å². The molecule has 0 spiro atoms. The van der Waals surface area contributed by atoms with Crippen LogP contribution in [0.3, 0.4) is 0 Å². The van der Waals surface area contributed by atoms with Crippen molar-refractivity contribution in [1.29, 1.82) is 0 Å². The van der Waals surface area contributed by atoms with E-state index in [1.165, 1.54) is 0 Å². The number of benzene rings is 1. The average molecular weight is 199 g/mol. The molecule has 3 rings (SSSR count). The minimum absolute atomic E-state index is 0.0369. The third-order valence-corrected chi connectivity index (χ3v) is 2.47. The van der Waals surface area contributed by atoms with Gasteiger partial charge in [0.25, 0.3) is 0 Å². The normalized spacial score (nSPS) is 13.6. The van der Waals surface area contributed by atoms with Crippen molar-refractivity contribution < 1.29 is 9.84 Å². The summed E-state index contributed by atoms with van der Waals surface area (Å²) in [4.78, 5) is 4.11. The molecule has 0 aliphatic carbocycles. The number of hydrogen-bond acceptors (Lipinski definition) is 3. The molecular weight excluding hydrogens is 190 g/mol. The number of rotatable bonds is 0. The Balaban J connectivity index is 2.41. The molecule has 1 aromatic heterocycles. The van der Waals surface area contributed by atoms with E-state index < -0.39 is 0 Å². The van der Waals surface area contributed by atoms with E-state index in [1.54, 1.807) is 6.07 Å². The molecule has 1 aromatic carbocycles. The third kappa shape index (κ3) is 1.24. The van der Waals surface area contributed by atoms with Crippen molar-refractivity contribution in [3.05, 3.63) is 35.9 Å². The van der Waals surface area contributed by atoms with Gasteiger partial charge in [-0.3, -0.25) is 0 Å². The van der Waals surface area contributed by atoms with Crippen molar-refractivity contribution in [3.63, 3.8) is 0 Å². The number of aromatic hydroxyl groups is 1. The highest BCUT2D eigenvalue weighted by molar-refractivity contribution is 5.90. The summed E-state index contributed by atoms with van der Waals surface area (Å²) in [7, 11) is 0. The van der Waals surface area contributed by atoms with E-state index in [9.17, 15) is 5.11 Å². The highest BCUT2D eigenvalue weighted by Crippen LogP contribution is 2.31. The third-order valence-electron chi connectivity index (χ3n) is 2.47. The molecule has 0 bridgehead atoms. The SMILES string of the molecule is Oc1ccc2ccc3c(c2n1)C=CCO3. The fourth-order valence-electron chi connectivity index (χ4n) is 1.77. The van der Waals surface area contributed by atoms with Crippen molar-refractivity contribution in [2.45, 2.75) is 0 Å². The Bertz CT molecular complexity index is 561. The van der Waals surface area contributed by atoms with Crippen LogP contribution in [0.25, 0.3) is 17.0 Å². The number of fused-ring (bicyclic) bond motifs is 3. The van der Waals surface area contributed by atoms with Gasteiger partial charge in [-0.25, -0.2) is 4.98 Å². The van der Waals surface area contributed by atoms with Crippen LogP contribution in [-0.4, -0.2) is 16.7 Å². The van der Waals surface area contributed by atoms with Crippen molar-refractivity contribution >= 4 is 17.0 Å². The van der Waals surface area contributed by atoms with Gasteiger partial charge in [0.1, 0.15) is 12.4 Å². The van der Waals surface area contributed by atoms with Crippen molar-refractivity contribution in [2.75, 3.05) is 6.61 Å². The lowest BCUT2D eigenvalue weighted by atomic mass is 10.1. The predicted molar refractivity (Wildman–Crippen MR) is 57.9 cm³/mol. The Labute approximate surface area is 86.6 Å². The number of pyridine rings is 1. The van der Waals surface area contributed by atoms with E-state index in [2.05, 4.69) is 4.98 Å². The first-order chi connectivity index (χ1) is 7.34. The maximum Gasteiger partial charge on any atom is 0.211 e. The van der Waals surface area contributed by atoms with E-state index in [-0.39, 0.29) is 5.88 Å². The van der Waals surface area contributed by atoms with Gasteiger partial charge in [-0.1, -0.05) is 0 Å². The van der Waals surface area contributed by atoms with Gasteiger partial charge < -0.3 is 9.84 Å². The van der Waals surface area contributed by atoms with Crippen LogP contribution < -0.4 is 4.74 Å². The number of ether oxygens (including phenoxy) is 1. The lowest BCUT2D eigenvalue weighted by Gasteiger charge is -2.13. The first-order valence-corrected chi connectivity index (χ1v) is 4.77. The molecule has 2 aromatic rings. The highest BCUT2D eigenvalue weighted by Gasteiger charge is 2.10. The summed E-state index contributed by atoms with van der Waals surface area (Å²) in [5.74, 6) is 0.859. The second-order valence-corrected chi connectivity index (χ2v) is 3.43. The Hall–Kier alpha value is -2.03. The summed E-state index contributed by atoms with van der Waals surface area (Å²) in [6.45, 7) is 0.595. The maximum absolute atomic E-state index is 9.36. The van der Waals surface area contributed by atoms with E-state index in [4.69, 9.17) is 4.74 Å². The van der Waals surface area contributed by atoms with Gasteiger partial charge in [-0.2, -0.15) is 0 Å². The van der Waals surface area contributed by atoms with E-state index in [0.717, 1.165) is 22.2 Å². The van der Waals surface area contributed by atoms with E-state index >= 15 is 0 Å². The van der Waals surface area contributed by atoms with Gasteiger partial charge in [0.05, 0.1) is 5.52 Å². The summed E-state index contributed by atoms with van der Waals surface area (Å²) >= 11 is 0. The first-order valence-electron chi connectivity index (χ1n) is 4.77.